The molecule has 156 valence electrons. The lowest BCUT2D eigenvalue weighted by Crippen LogP contribution is -2.47. The van der Waals surface area contributed by atoms with E-state index in [0.717, 1.165) is 18.8 Å². The Hall–Kier alpha value is -2.80. The maximum absolute atomic E-state index is 12.7. The molecule has 2 aromatic rings. The van der Waals surface area contributed by atoms with Gasteiger partial charge in [0.25, 0.3) is 5.91 Å². The molecule has 7 heteroatoms. The van der Waals surface area contributed by atoms with Crippen LogP contribution < -0.4 is 15.5 Å². The molecule has 1 aliphatic heterocycles. The molecule has 0 spiro atoms. The Morgan fingerprint density at radius 3 is 2.28 bits per heavy atom. The van der Waals surface area contributed by atoms with Crippen LogP contribution in [0.15, 0.2) is 47.1 Å². The fourth-order valence-corrected chi connectivity index (χ4v) is 3.52. The van der Waals surface area contributed by atoms with Crippen LogP contribution in [0.1, 0.15) is 38.2 Å². The van der Waals surface area contributed by atoms with E-state index in [1.54, 1.807) is 12.1 Å². The molecule has 1 saturated heterocycles. The Bertz CT molecular complexity index is 807. The molecule has 3 rings (SSSR count). The van der Waals surface area contributed by atoms with Crippen LogP contribution in [0, 0.1) is 5.92 Å². The lowest BCUT2D eigenvalue weighted by molar-refractivity contribution is -0.118. The number of carbonyl (C=O) groups excluding carboxylic acids is 2. The predicted octanol–water partition coefficient (Wildman–Crippen LogP) is 3.29. The summed E-state index contributed by atoms with van der Waals surface area (Å²) in [6.45, 7) is 9.59. The molecular formula is C22H29N3O4. The second-order valence-corrected chi connectivity index (χ2v) is 7.87. The molecule has 0 aliphatic carbocycles. The van der Waals surface area contributed by atoms with Crippen LogP contribution in [-0.4, -0.2) is 43.2 Å². The molecule has 1 aliphatic rings. The van der Waals surface area contributed by atoms with Crippen molar-refractivity contribution in [2.45, 2.75) is 45.9 Å². The Labute approximate surface area is 171 Å². The van der Waals surface area contributed by atoms with Crippen LogP contribution in [0.25, 0.3) is 0 Å². The predicted molar refractivity (Wildman–Crippen MR) is 112 cm³/mol. The van der Waals surface area contributed by atoms with E-state index in [2.05, 4.69) is 29.4 Å². The zero-order chi connectivity index (χ0) is 21.0. The van der Waals surface area contributed by atoms with Crippen molar-refractivity contribution in [2.75, 3.05) is 23.3 Å². The van der Waals surface area contributed by atoms with Crippen LogP contribution in [0.3, 0.4) is 0 Å². The van der Waals surface area contributed by atoms with Crippen LogP contribution in [0.2, 0.25) is 0 Å². The first-order chi connectivity index (χ1) is 13.8. The molecule has 2 N–H and O–H groups in total. The average Bonchev–Trinajstić information content (AvgIpc) is 3.20. The van der Waals surface area contributed by atoms with Gasteiger partial charge in [-0.1, -0.05) is 13.8 Å². The molecule has 29 heavy (non-hydrogen) atoms. The summed E-state index contributed by atoms with van der Waals surface area (Å²) in [5.41, 5.74) is 1.78. The number of anilines is 2. The van der Waals surface area contributed by atoms with Gasteiger partial charge in [-0.25, -0.2) is 0 Å². The van der Waals surface area contributed by atoms with Crippen molar-refractivity contribution in [2.24, 2.45) is 5.92 Å². The van der Waals surface area contributed by atoms with Gasteiger partial charge in [-0.2, -0.15) is 0 Å². The molecule has 2 heterocycles. The smallest absolute Gasteiger partial charge is 0.287 e. The number of benzene rings is 1. The van der Waals surface area contributed by atoms with Gasteiger partial charge in [0.05, 0.1) is 18.5 Å². The van der Waals surface area contributed by atoms with Gasteiger partial charge in [0.2, 0.25) is 5.91 Å². The summed E-state index contributed by atoms with van der Waals surface area (Å²) in [5.74, 6) is -0.567. The Balaban J connectivity index is 1.63. The van der Waals surface area contributed by atoms with Crippen molar-refractivity contribution >= 4 is 23.2 Å². The number of amides is 2. The van der Waals surface area contributed by atoms with Crippen molar-refractivity contribution in [1.29, 1.82) is 0 Å². The molecule has 2 amide bonds. The third-order valence-corrected chi connectivity index (χ3v) is 4.90. The summed E-state index contributed by atoms with van der Waals surface area (Å²) in [6.07, 6.45) is 1.79. The van der Waals surface area contributed by atoms with Crippen molar-refractivity contribution < 1.29 is 18.7 Å². The normalized spacial score (nSPS) is 20.4. The molecule has 1 aromatic carbocycles. The highest BCUT2D eigenvalue weighted by atomic mass is 16.5. The first-order valence-corrected chi connectivity index (χ1v) is 9.99. The number of hydrogen-bond donors (Lipinski definition) is 2. The zero-order valence-electron chi connectivity index (χ0n) is 17.3. The Kier molecular flexibility index (Phi) is 6.59. The van der Waals surface area contributed by atoms with E-state index >= 15 is 0 Å². The average molecular weight is 399 g/mol. The molecule has 0 saturated carbocycles. The van der Waals surface area contributed by atoms with Crippen molar-refractivity contribution in [3.05, 3.63) is 48.4 Å². The number of nitrogens with zero attached hydrogens (tertiary/aromatic N) is 1. The van der Waals surface area contributed by atoms with Gasteiger partial charge in [-0.15, -0.1) is 0 Å². The van der Waals surface area contributed by atoms with Gasteiger partial charge in [0, 0.05) is 24.5 Å². The van der Waals surface area contributed by atoms with E-state index in [0.29, 0.717) is 5.69 Å². The molecule has 3 atom stereocenters. The molecule has 1 fully saturated rings. The second kappa shape index (κ2) is 9.13. The highest BCUT2D eigenvalue weighted by molar-refractivity contribution is 6.00. The van der Waals surface area contributed by atoms with Crippen LogP contribution >= 0.6 is 0 Å². The first-order valence-electron chi connectivity index (χ1n) is 9.99. The standard InChI is InChI=1S/C22H29N3O4/c1-14(2)20(24-21(26)19-6-5-11-28-19)22(27)23-17-7-9-18(10-8-17)25-12-15(3)29-16(4)13-25/h5-11,14-16,20H,12-13H2,1-4H3,(H,23,27)(H,24,26). The SMILES string of the molecule is CC1CN(c2ccc(NC(=O)C(NC(=O)c3ccco3)C(C)C)cc2)CC(C)O1. The molecule has 3 unspecified atom stereocenters. The minimum Gasteiger partial charge on any atom is -0.459 e. The van der Waals surface area contributed by atoms with E-state index in [9.17, 15) is 9.59 Å². The van der Waals surface area contributed by atoms with Crippen LogP contribution in [-0.2, 0) is 9.53 Å². The van der Waals surface area contributed by atoms with Gasteiger partial charge in [0.15, 0.2) is 5.76 Å². The minimum atomic E-state index is -0.673. The summed E-state index contributed by atoms with van der Waals surface area (Å²) in [5, 5.41) is 5.64. The van der Waals surface area contributed by atoms with Gasteiger partial charge in [0.1, 0.15) is 6.04 Å². The van der Waals surface area contributed by atoms with E-state index in [-0.39, 0.29) is 29.8 Å². The Morgan fingerprint density at radius 2 is 1.72 bits per heavy atom. The third kappa shape index (κ3) is 5.38. The van der Waals surface area contributed by atoms with E-state index in [1.807, 2.05) is 38.1 Å². The van der Waals surface area contributed by atoms with Crippen LogP contribution in [0.5, 0.6) is 0 Å². The summed E-state index contributed by atoms with van der Waals surface area (Å²) in [4.78, 5) is 27.3. The highest BCUT2D eigenvalue weighted by Gasteiger charge is 2.26. The first kappa shape index (κ1) is 20.9. The lowest BCUT2D eigenvalue weighted by atomic mass is 10.0. The van der Waals surface area contributed by atoms with E-state index in [1.165, 1.54) is 6.26 Å². The molecule has 0 bridgehead atoms. The molecule has 0 radical (unpaired) electrons. The number of rotatable bonds is 6. The number of nitrogens with one attached hydrogen (secondary N) is 2. The summed E-state index contributed by atoms with van der Waals surface area (Å²) >= 11 is 0. The number of furan rings is 1. The summed E-state index contributed by atoms with van der Waals surface area (Å²) < 4.78 is 10.9. The van der Waals surface area contributed by atoms with Gasteiger partial charge >= 0.3 is 0 Å². The number of hydrogen-bond acceptors (Lipinski definition) is 5. The van der Waals surface area contributed by atoms with Crippen molar-refractivity contribution in [1.82, 2.24) is 5.32 Å². The minimum absolute atomic E-state index is 0.0792. The summed E-state index contributed by atoms with van der Waals surface area (Å²) in [6, 6.07) is 10.3. The third-order valence-electron chi connectivity index (χ3n) is 4.90. The fraction of sp³-hybridized carbons (Fsp3) is 0.455. The second-order valence-electron chi connectivity index (χ2n) is 7.87. The van der Waals surface area contributed by atoms with Crippen LogP contribution in [0.4, 0.5) is 11.4 Å². The van der Waals surface area contributed by atoms with Gasteiger partial charge in [-0.3, -0.25) is 9.59 Å². The fourth-order valence-electron chi connectivity index (χ4n) is 3.52. The Morgan fingerprint density at radius 1 is 1.07 bits per heavy atom. The number of carbonyl (C=O) groups is 2. The molecular weight excluding hydrogens is 370 g/mol. The van der Waals surface area contributed by atoms with Gasteiger partial charge < -0.3 is 24.7 Å². The number of morpholine rings is 1. The molecule has 7 nitrogen and oxygen atoms in total. The maximum Gasteiger partial charge on any atom is 0.287 e. The lowest BCUT2D eigenvalue weighted by Gasteiger charge is -2.36. The van der Waals surface area contributed by atoms with Gasteiger partial charge in [-0.05, 0) is 56.2 Å². The van der Waals surface area contributed by atoms with Crippen molar-refractivity contribution in [3.8, 4) is 0 Å². The highest BCUT2D eigenvalue weighted by Crippen LogP contribution is 2.22. The zero-order valence-corrected chi connectivity index (χ0v) is 17.3. The van der Waals surface area contributed by atoms with E-state index < -0.39 is 11.9 Å². The van der Waals surface area contributed by atoms with Crippen molar-refractivity contribution in [3.63, 3.8) is 0 Å². The topological polar surface area (TPSA) is 83.8 Å². The monoisotopic (exact) mass is 399 g/mol. The number of ether oxygens (including phenoxy) is 1. The largest absolute Gasteiger partial charge is 0.459 e. The molecule has 1 aromatic heterocycles. The maximum atomic E-state index is 12.7. The quantitative estimate of drug-likeness (QED) is 0.779. The van der Waals surface area contributed by atoms with E-state index in [4.69, 9.17) is 9.15 Å². The summed E-state index contributed by atoms with van der Waals surface area (Å²) in [7, 11) is 0.